The third-order valence-corrected chi connectivity index (χ3v) is 5.17. The molecule has 0 aliphatic rings. The van der Waals surface area contributed by atoms with E-state index in [4.69, 9.17) is 5.10 Å². The van der Waals surface area contributed by atoms with Gasteiger partial charge in [0.25, 0.3) is 5.91 Å². The number of para-hydroxylation sites is 1. The highest BCUT2D eigenvalue weighted by molar-refractivity contribution is 7.99. The van der Waals surface area contributed by atoms with Crippen molar-refractivity contribution in [2.45, 2.75) is 11.8 Å². The summed E-state index contributed by atoms with van der Waals surface area (Å²) in [5.41, 5.74) is 3.23. The van der Waals surface area contributed by atoms with Crippen LogP contribution < -0.4 is 5.32 Å². The van der Waals surface area contributed by atoms with E-state index in [1.54, 1.807) is 28.6 Å². The summed E-state index contributed by atoms with van der Waals surface area (Å²) in [6.07, 6.45) is 4.98. The van der Waals surface area contributed by atoms with Gasteiger partial charge in [-0.3, -0.25) is 4.79 Å². The molecule has 1 N–H and O–H groups in total. The molecule has 0 spiro atoms. The van der Waals surface area contributed by atoms with Gasteiger partial charge in [0, 0.05) is 28.8 Å². The molecular formula is C24H22N4OS. The Bertz CT molecular complexity index is 1090. The van der Waals surface area contributed by atoms with Crippen LogP contribution >= 0.6 is 11.8 Å². The second kappa shape index (κ2) is 10.3. The van der Waals surface area contributed by atoms with E-state index in [0.29, 0.717) is 17.8 Å². The van der Waals surface area contributed by atoms with E-state index >= 15 is 0 Å². The predicted octanol–water partition coefficient (Wildman–Crippen LogP) is 4.86. The number of nitrogens with zero attached hydrogens (tertiary/aromatic N) is 3. The third kappa shape index (κ3) is 5.07. The largest absolute Gasteiger partial charge is 0.348 e. The number of amides is 1. The Hall–Kier alpha value is -3.56. The van der Waals surface area contributed by atoms with E-state index in [0.717, 1.165) is 17.0 Å². The van der Waals surface area contributed by atoms with Crippen molar-refractivity contribution in [1.82, 2.24) is 15.1 Å². The van der Waals surface area contributed by atoms with Crippen LogP contribution in [0.2, 0.25) is 0 Å². The first kappa shape index (κ1) is 21.2. The van der Waals surface area contributed by atoms with Gasteiger partial charge in [-0.25, -0.2) is 4.68 Å². The number of hydrogen-bond acceptors (Lipinski definition) is 4. The van der Waals surface area contributed by atoms with Crippen LogP contribution in [0.4, 0.5) is 0 Å². The molecule has 0 fully saturated rings. The van der Waals surface area contributed by atoms with Gasteiger partial charge in [-0.15, -0.1) is 18.3 Å². The molecule has 3 aromatic rings. The quantitative estimate of drug-likeness (QED) is 0.247. The number of carbonyl (C=O) groups excluding carboxylic acids is 1. The molecule has 1 heterocycles. The molecule has 0 radical (unpaired) electrons. The van der Waals surface area contributed by atoms with Gasteiger partial charge < -0.3 is 5.32 Å². The molecule has 0 saturated carbocycles. The Kier molecular flexibility index (Phi) is 7.25. The van der Waals surface area contributed by atoms with Crippen molar-refractivity contribution in [3.8, 4) is 23.0 Å². The highest BCUT2D eigenvalue weighted by Crippen LogP contribution is 2.28. The van der Waals surface area contributed by atoms with Crippen molar-refractivity contribution in [3.05, 3.63) is 84.6 Å². The van der Waals surface area contributed by atoms with Gasteiger partial charge in [-0.05, 0) is 36.1 Å². The second-order valence-electron chi connectivity index (χ2n) is 6.34. The lowest BCUT2D eigenvalue weighted by atomic mass is 10.1. The molecular weight excluding hydrogens is 392 g/mol. The van der Waals surface area contributed by atoms with Crippen molar-refractivity contribution in [3.63, 3.8) is 0 Å². The van der Waals surface area contributed by atoms with Crippen LogP contribution in [0.1, 0.15) is 12.5 Å². The minimum Gasteiger partial charge on any atom is -0.348 e. The van der Waals surface area contributed by atoms with Crippen LogP contribution in [-0.2, 0) is 4.79 Å². The first-order valence-corrected chi connectivity index (χ1v) is 10.5. The maximum atomic E-state index is 12.3. The molecule has 1 aromatic heterocycles. The number of aromatic nitrogens is 2. The Morgan fingerprint density at radius 1 is 1.23 bits per heavy atom. The highest BCUT2D eigenvalue weighted by atomic mass is 32.2. The molecule has 30 heavy (non-hydrogen) atoms. The summed E-state index contributed by atoms with van der Waals surface area (Å²) in [5, 5.41) is 16.9. The topological polar surface area (TPSA) is 70.7 Å². The van der Waals surface area contributed by atoms with E-state index in [9.17, 15) is 10.1 Å². The average molecular weight is 415 g/mol. The van der Waals surface area contributed by atoms with E-state index in [2.05, 4.69) is 31.0 Å². The molecule has 0 unspecified atom stereocenters. The predicted molar refractivity (Wildman–Crippen MR) is 122 cm³/mol. The van der Waals surface area contributed by atoms with Gasteiger partial charge in [0.1, 0.15) is 11.6 Å². The Morgan fingerprint density at radius 3 is 2.60 bits per heavy atom. The zero-order valence-electron chi connectivity index (χ0n) is 16.7. The maximum Gasteiger partial charge on any atom is 0.262 e. The summed E-state index contributed by atoms with van der Waals surface area (Å²) in [4.78, 5) is 13.5. The number of nitrogens with one attached hydrogen (secondary N) is 1. The fourth-order valence-corrected chi connectivity index (χ4v) is 3.53. The monoisotopic (exact) mass is 414 g/mol. The van der Waals surface area contributed by atoms with Crippen LogP contribution in [0.15, 0.2) is 83.9 Å². The summed E-state index contributed by atoms with van der Waals surface area (Å²) < 4.78 is 1.76. The van der Waals surface area contributed by atoms with Crippen molar-refractivity contribution >= 4 is 23.7 Å². The number of nitriles is 1. The normalized spacial score (nSPS) is 11.0. The number of benzene rings is 2. The number of thioether (sulfide) groups is 1. The van der Waals surface area contributed by atoms with Gasteiger partial charge in [0.15, 0.2) is 0 Å². The SMILES string of the molecule is C=CCNC(=O)/C(C#N)=C\c1cn(-c2ccccc2)nc1-c1ccc(SCC)cc1. The molecule has 3 rings (SSSR count). The summed E-state index contributed by atoms with van der Waals surface area (Å²) in [5.74, 6) is 0.562. The lowest BCUT2D eigenvalue weighted by molar-refractivity contribution is -0.116. The van der Waals surface area contributed by atoms with Gasteiger partial charge >= 0.3 is 0 Å². The average Bonchev–Trinajstić information content (AvgIpc) is 3.21. The fraction of sp³-hybridized carbons (Fsp3) is 0.125. The highest BCUT2D eigenvalue weighted by Gasteiger charge is 2.15. The first-order valence-electron chi connectivity index (χ1n) is 9.55. The number of hydrogen-bond donors (Lipinski definition) is 1. The van der Waals surface area contributed by atoms with Crippen LogP contribution in [0.25, 0.3) is 23.0 Å². The van der Waals surface area contributed by atoms with E-state index in [-0.39, 0.29) is 5.57 Å². The molecule has 2 aromatic carbocycles. The summed E-state index contributed by atoms with van der Waals surface area (Å²) in [6, 6.07) is 19.8. The minimum absolute atomic E-state index is 0.0175. The Labute approximate surface area is 180 Å². The summed E-state index contributed by atoms with van der Waals surface area (Å²) in [6.45, 7) is 5.99. The van der Waals surface area contributed by atoms with Gasteiger partial charge in [-0.2, -0.15) is 10.4 Å². The van der Waals surface area contributed by atoms with Crippen LogP contribution in [0.5, 0.6) is 0 Å². The lowest BCUT2D eigenvalue weighted by Crippen LogP contribution is -2.24. The molecule has 0 aliphatic heterocycles. The molecule has 6 heteroatoms. The fourth-order valence-electron chi connectivity index (χ4n) is 2.87. The summed E-state index contributed by atoms with van der Waals surface area (Å²) >= 11 is 1.77. The first-order chi connectivity index (χ1) is 14.7. The molecule has 0 saturated heterocycles. The van der Waals surface area contributed by atoms with Crippen molar-refractivity contribution in [2.75, 3.05) is 12.3 Å². The van der Waals surface area contributed by atoms with Crippen LogP contribution in [0, 0.1) is 11.3 Å². The zero-order valence-corrected chi connectivity index (χ0v) is 17.5. The molecule has 5 nitrogen and oxygen atoms in total. The van der Waals surface area contributed by atoms with Crippen LogP contribution in [0.3, 0.4) is 0 Å². The number of carbonyl (C=O) groups is 1. The van der Waals surface area contributed by atoms with E-state index in [1.165, 1.54) is 4.90 Å². The number of rotatable bonds is 8. The van der Waals surface area contributed by atoms with Gasteiger partial charge in [0.05, 0.1) is 11.4 Å². The molecule has 150 valence electrons. The summed E-state index contributed by atoms with van der Waals surface area (Å²) in [7, 11) is 0. The smallest absolute Gasteiger partial charge is 0.262 e. The van der Waals surface area contributed by atoms with Gasteiger partial charge in [0.2, 0.25) is 0 Å². The third-order valence-electron chi connectivity index (χ3n) is 4.27. The standard InChI is InChI=1S/C24H22N4OS/c1-3-14-26-24(29)19(16-25)15-20-17-28(21-8-6-5-7-9-21)27-23(20)18-10-12-22(13-11-18)30-4-2/h3,5-13,15,17H,1,4,14H2,2H3,(H,26,29)/b19-15-. The van der Waals surface area contributed by atoms with E-state index in [1.807, 2.05) is 54.7 Å². The second-order valence-corrected chi connectivity index (χ2v) is 7.68. The van der Waals surface area contributed by atoms with Gasteiger partial charge in [-0.1, -0.05) is 43.3 Å². The Morgan fingerprint density at radius 2 is 1.97 bits per heavy atom. The van der Waals surface area contributed by atoms with Crippen molar-refractivity contribution in [2.24, 2.45) is 0 Å². The van der Waals surface area contributed by atoms with Crippen LogP contribution in [-0.4, -0.2) is 28.0 Å². The molecule has 0 aliphatic carbocycles. The van der Waals surface area contributed by atoms with E-state index < -0.39 is 5.91 Å². The lowest BCUT2D eigenvalue weighted by Gasteiger charge is -2.03. The minimum atomic E-state index is -0.439. The zero-order chi connectivity index (χ0) is 21.3. The molecule has 1 amide bonds. The van der Waals surface area contributed by atoms with Crippen molar-refractivity contribution in [1.29, 1.82) is 5.26 Å². The Balaban J connectivity index is 2.07. The molecule has 0 atom stereocenters. The molecule has 0 bridgehead atoms. The van der Waals surface area contributed by atoms with Crippen molar-refractivity contribution < 1.29 is 4.79 Å². The maximum absolute atomic E-state index is 12.3.